The summed E-state index contributed by atoms with van der Waals surface area (Å²) >= 11 is 3.31. The van der Waals surface area contributed by atoms with Crippen molar-refractivity contribution in [2.24, 2.45) is 0 Å². The van der Waals surface area contributed by atoms with E-state index in [-0.39, 0.29) is 11.7 Å². The number of carbonyl (C=O) groups is 1. The minimum absolute atomic E-state index is 0.0206. The van der Waals surface area contributed by atoms with Gasteiger partial charge in [-0.15, -0.1) is 0 Å². The van der Waals surface area contributed by atoms with Gasteiger partial charge >= 0.3 is 0 Å². The van der Waals surface area contributed by atoms with Gasteiger partial charge < -0.3 is 10.2 Å². The fraction of sp³-hybridized carbons (Fsp3) is 0.462. The first-order valence-corrected chi connectivity index (χ1v) is 6.72. The van der Waals surface area contributed by atoms with Crippen molar-refractivity contribution < 1.29 is 9.18 Å². The molecular formula is C13H18BrFN2O. The number of hydrogen-bond donors (Lipinski definition) is 1. The fourth-order valence-electron chi connectivity index (χ4n) is 1.51. The van der Waals surface area contributed by atoms with Crippen molar-refractivity contribution in [2.45, 2.75) is 13.3 Å². The van der Waals surface area contributed by atoms with Crippen LogP contribution in [0.1, 0.15) is 12.5 Å². The zero-order valence-electron chi connectivity index (χ0n) is 10.7. The number of carbonyl (C=O) groups excluding carboxylic acids is 1. The third-order valence-corrected chi connectivity index (χ3v) is 3.17. The second kappa shape index (κ2) is 7.48. The predicted molar refractivity (Wildman–Crippen MR) is 74.0 cm³/mol. The summed E-state index contributed by atoms with van der Waals surface area (Å²) < 4.78 is 14.3. The van der Waals surface area contributed by atoms with Gasteiger partial charge in [0, 0.05) is 18.1 Å². The van der Waals surface area contributed by atoms with E-state index < -0.39 is 0 Å². The Hall–Kier alpha value is -0.940. The molecule has 1 aromatic rings. The van der Waals surface area contributed by atoms with E-state index in [4.69, 9.17) is 0 Å². The molecule has 18 heavy (non-hydrogen) atoms. The molecule has 0 aliphatic heterocycles. The van der Waals surface area contributed by atoms with Gasteiger partial charge in [-0.3, -0.25) is 4.79 Å². The van der Waals surface area contributed by atoms with Crippen molar-refractivity contribution >= 4 is 21.8 Å². The summed E-state index contributed by atoms with van der Waals surface area (Å²) in [6.07, 6.45) is 0.514. The molecule has 100 valence electrons. The molecule has 0 saturated carbocycles. The summed E-state index contributed by atoms with van der Waals surface area (Å²) in [6, 6.07) is 4.84. The van der Waals surface area contributed by atoms with Crippen LogP contribution < -0.4 is 5.32 Å². The minimum atomic E-state index is -0.231. The number of rotatable bonds is 6. The zero-order valence-corrected chi connectivity index (χ0v) is 12.3. The van der Waals surface area contributed by atoms with Gasteiger partial charge in [-0.2, -0.15) is 0 Å². The van der Waals surface area contributed by atoms with Crippen molar-refractivity contribution in [2.75, 3.05) is 26.7 Å². The standard InChI is InChI=1S/C13H18BrFN2O/c1-3-16-9-13(18)17(2)7-6-10-8-11(14)4-5-12(10)15/h4-5,8,16H,3,6-7,9H2,1-2H3. The molecule has 0 spiro atoms. The van der Waals surface area contributed by atoms with Gasteiger partial charge in [0.15, 0.2) is 0 Å². The second-order valence-electron chi connectivity index (χ2n) is 4.08. The molecule has 0 fully saturated rings. The van der Waals surface area contributed by atoms with Gasteiger partial charge in [0.1, 0.15) is 5.82 Å². The van der Waals surface area contributed by atoms with Gasteiger partial charge in [-0.1, -0.05) is 22.9 Å². The van der Waals surface area contributed by atoms with Gasteiger partial charge in [0.25, 0.3) is 0 Å². The Kier molecular flexibility index (Phi) is 6.29. The monoisotopic (exact) mass is 316 g/mol. The third kappa shape index (κ3) is 4.74. The first-order chi connectivity index (χ1) is 8.54. The van der Waals surface area contributed by atoms with Crippen LogP contribution in [-0.4, -0.2) is 37.5 Å². The Bertz CT molecular complexity index is 412. The van der Waals surface area contributed by atoms with Crippen LogP contribution in [0.2, 0.25) is 0 Å². The van der Waals surface area contributed by atoms with Crippen LogP contribution in [0.3, 0.4) is 0 Å². The first kappa shape index (κ1) is 15.1. The predicted octanol–water partition coefficient (Wildman–Crippen LogP) is 2.20. The largest absolute Gasteiger partial charge is 0.344 e. The number of nitrogens with zero attached hydrogens (tertiary/aromatic N) is 1. The maximum atomic E-state index is 13.5. The van der Waals surface area contributed by atoms with Gasteiger partial charge in [0.2, 0.25) is 5.91 Å². The van der Waals surface area contributed by atoms with Crippen LogP contribution in [0, 0.1) is 5.82 Å². The molecule has 0 saturated heterocycles. The molecule has 0 aliphatic rings. The van der Waals surface area contributed by atoms with Crippen LogP contribution in [0.25, 0.3) is 0 Å². The molecule has 1 rings (SSSR count). The molecule has 0 bridgehead atoms. The normalized spacial score (nSPS) is 10.4. The van der Waals surface area contributed by atoms with E-state index in [9.17, 15) is 9.18 Å². The molecule has 0 aromatic heterocycles. The van der Waals surface area contributed by atoms with Gasteiger partial charge in [-0.25, -0.2) is 4.39 Å². The summed E-state index contributed by atoms with van der Waals surface area (Å²) in [6.45, 7) is 3.55. The van der Waals surface area contributed by atoms with Crippen molar-refractivity contribution in [1.29, 1.82) is 0 Å². The molecule has 0 aliphatic carbocycles. The molecule has 3 nitrogen and oxygen atoms in total. The number of hydrogen-bond acceptors (Lipinski definition) is 2. The number of benzene rings is 1. The summed E-state index contributed by atoms with van der Waals surface area (Å²) in [5.41, 5.74) is 0.618. The summed E-state index contributed by atoms with van der Waals surface area (Å²) in [5, 5.41) is 2.97. The van der Waals surface area contributed by atoms with Crippen LogP contribution in [-0.2, 0) is 11.2 Å². The van der Waals surface area contributed by atoms with Gasteiger partial charge in [-0.05, 0) is 36.7 Å². The van der Waals surface area contributed by atoms with Crippen LogP contribution >= 0.6 is 15.9 Å². The van der Waals surface area contributed by atoms with Crippen molar-refractivity contribution in [3.63, 3.8) is 0 Å². The highest BCUT2D eigenvalue weighted by molar-refractivity contribution is 9.10. The van der Waals surface area contributed by atoms with Crippen LogP contribution in [0.4, 0.5) is 4.39 Å². The molecular weight excluding hydrogens is 299 g/mol. The van der Waals surface area contributed by atoms with E-state index in [0.717, 1.165) is 11.0 Å². The molecule has 0 unspecified atom stereocenters. The molecule has 5 heteroatoms. The molecule has 0 atom stereocenters. The van der Waals surface area contributed by atoms with Gasteiger partial charge in [0.05, 0.1) is 6.54 Å². The Morgan fingerprint density at radius 1 is 1.50 bits per heavy atom. The average molecular weight is 317 g/mol. The number of amides is 1. The van der Waals surface area contributed by atoms with Crippen LogP contribution in [0.15, 0.2) is 22.7 Å². The number of halogens is 2. The Labute approximate surface area is 115 Å². The van der Waals surface area contributed by atoms with E-state index in [2.05, 4.69) is 21.2 Å². The number of likely N-dealkylation sites (N-methyl/N-ethyl adjacent to an activating group) is 2. The van der Waals surface area contributed by atoms with E-state index in [1.807, 2.05) is 6.92 Å². The summed E-state index contributed by atoms with van der Waals surface area (Å²) in [4.78, 5) is 13.2. The minimum Gasteiger partial charge on any atom is -0.344 e. The Morgan fingerprint density at radius 3 is 2.89 bits per heavy atom. The Balaban J connectivity index is 2.49. The fourth-order valence-corrected chi connectivity index (χ4v) is 1.92. The summed E-state index contributed by atoms with van der Waals surface area (Å²) in [5.74, 6) is -0.210. The highest BCUT2D eigenvalue weighted by atomic mass is 79.9. The summed E-state index contributed by atoms with van der Waals surface area (Å²) in [7, 11) is 1.73. The lowest BCUT2D eigenvalue weighted by atomic mass is 10.1. The van der Waals surface area contributed by atoms with E-state index in [1.54, 1.807) is 24.1 Å². The Morgan fingerprint density at radius 2 is 2.22 bits per heavy atom. The zero-order chi connectivity index (χ0) is 13.5. The third-order valence-electron chi connectivity index (χ3n) is 2.68. The molecule has 1 N–H and O–H groups in total. The van der Waals surface area contributed by atoms with E-state index in [1.165, 1.54) is 6.07 Å². The van der Waals surface area contributed by atoms with Crippen molar-refractivity contribution in [3.8, 4) is 0 Å². The molecule has 0 heterocycles. The quantitative estimate of drug-likeness (QED) is 0.872. The van der Waals surface area contributed by atoms with Crippen LogP contribution in [0.5, 0.6) is 0 Å². The smallest absolute Gasteiger partial charge is 0.236 e. The van der Waals surface area contributed by atoms with E-state index in [0.29, 0.717) is 25.1 Å². The first-order valence-electron chi connectivity index (χ1n) is 5.93. The van der Waals surface area contributed by atoms with Crippen molar-refractivity contribution in [3.05, 3.63) is 34.1 Å². The second-order valence-corrected chi connectivity index (χ2v) is 5.00. The lowest BCUT2D eigenvalue weighted by molar-refractivity contribution is -0.128. The maximum Gasteiger partial charge on any atom is 0.236 e. The highest BCUT2D eigenvalue weighted by Gasteiger charge is 2.09. The lowest BCUT2D eigenvalue weighted by Crippen LogP contribution is -2.36. The highest BCUT2D eigenvalue weighted by Crippen LogP contribution is 2.16. The lowest BCUT2D eigenvalue weighted by Gasteiger charge is -2.17. The van der Waals surface area contributed by atoms with E-state index >= 15 is 0 Å². The molecule has 1 amide bonds. The average Bonchev–Trinajstić information content (AvgIpc) is 2.36. The maximum absolute atomic E-state index is 13.5. The number of nitrogens with one attached hydrogen (secondary N) is 1. The topological polar surface area (TPSA) is 32.3 Å². The molecule has 0 radical (unpaired) electrons. The SMILES string of the molecule is CCNCC(=O)N(C)CCc1cc(Br)ccc1F. The van der Waals surface area contributed by atoms with Crippen molar-refractivity contribution in [1.82, 2.24) is 10.2 Å². The molecule has 1 aromatic carbocycles.